The summed E-state index contributed by atoms with van der Waals surface area (Å²) < 4.78 is 1.25. The molecule has 0 aliphatic carbocycles. The maximum atomic E-state index is 12.4. The van der Waals surface area contributed by atoms with Gasteiger partial charge >= 0.3 is 0 Å². The summed E-state index contributed by atoms with van der Waals surface area (Å²) in [5.41, 5.74) is 7.09. The number of hydrogen-bond donors (Lipinski definition) is 1. The standard InChI is InChI=1S/C19H27N3OS.2ClH/c1-14(20)15-7-6-12-22(13-15)19(23)11-5-4-10-18-21-16-8-2-3-9-17(16)24-18;;/h2-3,8-9,14-15H,4-7,10-13,20H2,1H3;2*1H. The first-order valence-corrected chi connectivity index (χ1v) is 9.83. The Hall–Kier alpha value is -0.880. The number of carbonyl (C=O) groups is 1. The molecule has 1 aliphatic heterocycles. The fourth-order valence-corrected chi connectivity index (χ4v) is 4.41. The highest BCUT2D eigenvalue weighted by Gasteiger charge is 2.25. The van der Waals surface area contributed by atoms with Crippen molar-refractivity contribution in [3.8, 4) is 0 Å². The molecule has 2 aromatic rings. The Bertz CT molecular complexity index is 659. The minimum absolute atomic E-state index is 0. The van der Waals surface area contributed by atoms with Gasteiger partial charge in [0.05, 0.1) is 15.2 Å². The summed E-state index contributed by atoms with van der Waals surface area (Å²) in [4.78, 5) is 19.1. The van der Waals surface area contributed by atoms with Crippen molar-refractivity contribution in [3.63, 3.8) is 0 Å². The second-order valence-corrected chi connectivity index (χ2v) is 8.00. The topological polar surface area (TPSA) is 59.2 Å². The first-order valence-electron chi connectivity index (χ1n) is 9.01. The zero-order valence-electron chi connectivity index (χ0n) is 15.2. The van der Waals surface area contributed by atoms with Crippen LogP contribution in [0.25, 0.3) is 10.2 Å². The minimum Gasteiger partial charge on any atom is -0.342 e. The Morgan fingerprint density at radius 2 is 2.12 bits per heavy atom. The highest BCUT2D eigenvalue weighted by Crippen LogP contribution is 2.23. The van der Waals surface area contributed by atoms with Crippen LogP contribution in [0.4, 0.5) is 0 Å². The predicted molar refractivity (Wildman–Crippen MR) is 115 cm³/mol. The molecule has 1 aromatic carbocycles. The number of para-hydroxylation sites is 1. The maximum Gasteiger partial charge on any atom is 0.222 e. The summed E-state index contributed by atoms with van der Waals surface area (Å²) in [6, 6.07) is 8.44. The van der Waals surface area contributed by atoms with E-state index in [0.29, 0.717) is 18.2 Å². The monoisotopic (exact) mass is 417 g/mol. The molecule has 2 atom stereocenters. The van der Waals surface area contributed by atoms with E-state index in [1.54, 1.807) is 11.3 Å². The summed E-state index contributed by atoms with van der Waals surface area (Å²) in [7, 11) is 0. The van der Waals surface area contributed by atoms with Crippen molar-refractivity contribution in [2.75, 3.05) is 13.1 Å². The lowest BCUT2D eigenvalue weighted by molar-refractivity contribution is -0.133. The van der Waals surface area contributed by atoms with Crippen LogP contribution >= 0.6 is 36.2 Å². The zero-order chi connectivity index (χ0) is 16.9. The number of aromatic nitrogens is 1. The first-order chi connectivity index (χ1) is 11.6. The van der Waals surface area contributed by atoms with E-state index in [4.69, 9.17) is 5.73 Å². The molecule has 1 saturated heterocycles. The summed E-state index contributed by atoms with van der Waals surface area (Å²) in [6.45, 7) is 3.80. The number of hydrogen-bond acceptors (Lipinski definition) is 4. The summed E-state index contributed by atoms with van der Waals surface area (Å²) >= 11 is 1.77. The molecule has 1 aliphatic rings. The van der Waals surface area contributed by atoms with Gasteiger partial charge < -0.3 is 10.6 Å². The van der Waals surface area contributed by atoms with Crippen LogP contribution in [0.15, 0.2) is 24.3 Å². The molecule has 2 N–H and O–H groups in total. The zero-order valence-corrected chi connectivity index (χ0v) is 17.7. The minimum atomic E-state index is 0. The van der Waals surface area contributed by atoms with Crippen LogP contribution in [0.1, 0.15) is 44.0 Å². The van der Waals surface area contributed by atoms with Crippen molar-refractivity contribution in [1.82, 2.24) is 9.88 Å². The molecule has 0 radical (unpaired) electrons. The Labute approximate surface area is 172 Å². The number of halogens is 2. The molecule has 146 valence electrons. The number of amides is 1. The second kappa shape index (κ2) is 11.1. The van der Waals surface area contributed by atoms with Crippen molar-refractivity contribution in [1.29, 1.82) is 0 Å². The third kappa shape index (κ3) is 6.08. The quantitative estimate of drug-likeness (QED) is 0.706. The third-order valence-electron chi connectivity index (χ3n) is 4.92. The number of rotatable bonds is 6. The van der Waals surface area contributed by atoms with Gasteiger partial charge in [-0.05, 0) is 57.1 Å². The smallest absolute Gasteiger partial charge is 0.222 e. The number of nitrogens with zero attached hydrogens (tertiary/aromatic N) is 2. The van der Waals surface area contributed by atoms with Gasteiger partial charge in [-0.2, -0.15) is 0 Å². The normalized spacial score (nSPS) is 18.1. The number of piperidine rings is 1. The molecule has 4 nitrogen and oxygen atoms in total. The van der Waals surface area contributed by atoms with Gasteiger partial charge in [0.25, 0.3) is 0 Å². The van der Waals surface area contributed by atoms with E-state index in [2.05, 4.69) is 30.1 Å². The highest BCUT2D eigenvalue weighted by atomic mass is 35.5. The van der Waals surface area contributed by atoms with Crippen LogP contribution in [0.3, 0.4) is 0 Å². The van der Waals surface area contributed by atoms with E-state index in [1.165, 1.54) is 9.71 Å². The lowest BCUT2D eigenvalue weighted by Crippen LogP contribution is -2.44. The van der Waals surface area contributed by atoms with Crippen molar-refractivity contribution in [2.24, 2.45) is 11.7 Å². The molecule has 26 heavy (non-hydrogen) atoms. The average Bonchev–Trinajstić information content (AvgIpc) is 3.01. The molecule has 0 spiro atoms. The van der Waals surface area contributed by atoms with Gasteiger partial charge in [-0.1, -0.05) is 12.1 Å². The van der Waals surface area contributed by atoms with Gasteiger partial charge in [0.15, 0.2) is 0 Å². The molecule has 1 aromatic heterocycles. The van der Waals surface area contributed by atoms with Crippen LogP contribution in [0.2, 0.25) is 0 Å². The Balaban J connectivity index is 0.00000169. The summed E-state index contributed by atoms with van der Waals surface area (Å²) in [5, 5.41) is 1.18. The molecule has 0 bridgehead atoms. The fourth-order valence-electron chi connectivity index (χ4n) is 3.40. The van der Waals surface area contributed by atoms with E-state index in [1.807, 2.05) is 11.0 Å². The number of nitrogens with two attached hydrogens (primary N) is 1. The Morgan fingerprint density at radius 3 is 2.85 bits per heavy atom. The van der Waals surface area contributed by atoms with Crippen LogP contribution in [-0.4, -0.2) is 34.9 Å². The average molecular weight is 418 g/mol. The molecule has 7 heteroatoms. The van der Waals surface area contributed by atoms with Gasteiger partial charge in [-0.15, -0.1) is 36.2 Å². The third-order valence-corrected chi connectivity index (χ3v) is 6.02. The molecule has 1 fully saturated rings. The van der Waals surface area contributed by atoms with E-state index < -0.39 is 0 Å². The Kier molecular flexibility index (Phi) is 9.86. The van der Waals surface area contributed by atoms with Crippen LogP contribution in [0.5, 0.6) is 0 Å². The first kappa shape index (κ1) is 23.2. The highest BCUT2D eigenvalue weighted by molar-refractivity contribution is 7.18. The Morgan fingerprint density at radius 1 is 1.35 bits per heavy atom. The number of likely N-dealkylation sites (tertiary alicyclic amines) is 1. The number of benzene rings is 1. The summed E-state index contributed by atoms with van der Waals surface area (Å²) in [6.07, 6.45) is 5.82. The second-order valence-electron chi connectivity index (χ2n) is 6.88. The number of fused-ring (bicyclic) bond motifs is 1. The van der Waals surface area contributed by atoms with Crippen LogP contribution in [-0.2, 0) is 11.2 Å². The lowest BCUT2D eigenvalue weighted by Gasteiger charge is -2.34. The molecule has 1 amide bonds. The van der Waals surface area contributed by atoms with Crippen molar-refractivity contribution >= 4 is 52.3 Å². The largest absolute Gasteiger partial charge is 0.342 e. The number of aryl methyl sites for hydroxylation is 1. The predicted octanol–water partition coefficient (Wildman–Crippen LogP) is 4.44. The van der Waals surface area contributed by atoms with E-state index in [0.717, 1.165) is 50.7 Å². The van der Waals surface area contributed by atoms with Crippen molar-refractivity contribution in [2.45, 2.75) is 51.5 Å². The SMILES string of the molecule is CC(N)C1CCCN(C(=O)CCCCc2nc3ccccc3s2)C1.Cl.Cl. The van der Waals surface area contributed by atoms with Gasteiger partial charge in [-0.3, -0.25) is 4.79 Å². The van der Waals surface area contributed by atoms with Crippen molar-refractivity contribution < 1.29 is 4.79 Å². The van der Waals surface area contributed by atoms with E-state index in [9.17, 15) is 4.79 Å². The van der Waals surface area contributed by atoms with Gasteiger partial charge in [0.2, 0.25) is 5.91 Å². The maximum absolute atomic E-state index is 12.4. The van der Waals surface area contributed by atoms with Gasteiger partial charge in [0, 0.05) is 25.6 Å². The fraction of sp³-hybridized carbons (Fsp3) is 0.579. The molecular weight excluding hydrogens is 389 g/mol. The number of unbranched alkanes of at least 4 members (excludes halogenated alkanes) is 1. The number of carbonyl (C=O) groups excluding carboxylic acids is 1. The summed E-state index contributed by atoms with van der Waals surface area (Å²) in [5.74, 6) is 0.759. The number of thiazole rings is 1. The van der Waals surface area contributed by atoms with Gasteiger partial charge in [0.1, 0.15) is 0 Å². The van der Waals surface area contributed by atoms with E-state index >= 15 is 0 Å². The molecule has 0 saturated carbocycles. The van der Waals surface area contributed by atoms with Crippen molar-refractivity contribution in [3.05, 3.63) is 29.3 Å². The van der Waals surface area contributed by atoms with E-state index in [-0.39, 0.29) is 30.9 Å². The van der Waals surface area contributed by atoms with Crippen LogP contribution in [0, 0.1) is 5.92 Å². The molecule has 3 rings (SSSR count). The molecule has 2 unspecified atom stereocenters. The van der Waals surface area contributed by atoms with Gasteiger partial charge in [-0.25, -0.2) is 4.98 Å². The molecule has 2 heterocycles. The molecular formula is C19H29Cl2N3OS. The van der Waals surface area contributed by atoms with Crippen LogP contribution < -0.4 is 5.73 Å². The lowest BCUT2D eigenvalue weighted by atomic mass is 9.92.